The lowest BCUT2D eigenvalue weighted by molar-refractivity contribution is 0.590. The Balaban J connectivity index is 1.18. The molecule has 0 atom stereocenters. The summed E-state index contributed by atoms with van der Waals surface area (Å²) in [5.74, 6) is 0. The van der Waals surface area contributed by atoms with Gasteiger partial charge in [0.25, 0.3) is 6.71 Å². The van der Waals surface area contributed by atoms with Crippen molar-refractivity contribution in [1.82, 2.24) is 0 Å². The summed E-state index contributed by atoms with van der Waals surface area (Å²) in [6, 6.07) is 61.6. The zero-order valence-corrected chi connectivity index (χ0v) is 43.9. The van der Waals surface area contributed by atoms with Crippen molar-refractivity contribution in [3.8, 4) is 22.3 Å². The second kappa shape index (κ2) is 14.8. The molecule has 0 amide bonds. The molecule has 0 saturated heterocycles. The summed E-state index contributed by atoms with van der Waals surface area (Å²) < 4.78 is 5.39. The lowest BCUT2D eigenvalue weighted by Gasteiger charge is -2.44. The molecule has 1 aliphatic carbocycles. The van der Waals surface area contributed by atoms with Crippen LogP contribution in [-0.4, -0.2) is 6.71 Å². The third-order valence-electron chi connectivity index (χ3n) is 15.9. The first-order chi connectivity index (χ1) is 33.4. The minimum atomic E-state index is -0.104. The van der Waals surface area contributed by atoms with Gasteiger partial charge in [-0.05, 0) is 144 Å². The van der Waals surface area contributed by atoms with Gasteiger partial charge in [0.1, 0.15) is 0 Å². The minimum Gasteiger partial charge on any atom is -0.311 e. The molecular formula is C65H59BN2S2. The van der Waals surface area contributed by atoms with Gasteiger partial charge in [0.2, 0.25) is 0 Å². The van der Waals surface area contributed by atoms with Crippen LogP contribution in [0.5, 0.6) is 0 Å². The first-order valence-corrected chi connectivity index (χ1v) is 26.7. The molecule has 13 rings (SSSR count). The van der Waals surface area contributed by atoms with E-state index >= 15 is 0 Å². The molecule has 0 spiro atoms. The monoisotopic (exact) mass is 942 g/mol. The average Bonchev–Trinajstić information content (AvgIpc) is 3.97. The topological polar surface area (TPSA) is 6.48 Å². The van der Waals surface area contributed by atoms with Crippen molar-refractivity contribution < 1.29 is 0 Å². The van der Waals surface area contributed by atoms with Crippen molar-refractivity contribution in [3.05, 3.63) is 186 Å². The highest BCUT2D eigenvalue weighted by Crippen LogP contribution is 2.55. The maximum absolute atomic E-state index is 2.67. The smallest absolute Gasteiger partial charge is 0.264 e. The molecule has 8 aromatic carbocycles. The van der Waals surface area contributed by atoms with E-state index in [1.807, 2.05) is 22.7 Å². The van der Waals surface area contributed by atoms with E-state index in [1.54, 1.807) is 0 Å². The van der Waals surface area contributed by atoms with Gasteiger partial charge in [-0.25, -0.2) is 0 Å². The number of anilines is 6. The zero-order valence-electron chi connectivity index (χ0n) is 42.3. The van der Waals surface area contributed by atoms with Gasteiger partial charge in [0, 0.05) is 68.9 Å². The number of fused-ring (bicyclic) bond motifs is 12. The fourth-order valence-corrected chi connectivity index (χ4v) is 14.6. The zero-order chi connectivity index (χ0) is 48.4. The molecule has 10 aromatic rings. The van der Waals surface area contributed by atoms with Crippen molar-refractivity contribution in [2.24, 2.45) is 0 Å². The summed E-state index contributed by atoms with van der Waals surface area (Å²) in [6.45, 7) is 25.8. The maximum atomic E-state index is 2.67. The quantitative estimate of drug-likeness (QED) is 0.163. The Morgan fingerprint density at radius 3 is 1.71 bits per heavy atom. The van der Waals surface area contributed by atoms with E-state index in [9.17, 15) is 0 Å². The largest absolute Gasteiger partial charge is 0.311 e. The maximum Gasteiger partial charge on any atom is 0.264 e. The van der Waals surface area contributed by atoms with Crippen molar-refractivity contribution in [2.45, 2.75) is 97.8 Å². The highest BCUT2D eigenvalue weighted by atomic mass is 32.1. The van der Waals surface area contributed by atoms with Gasteiger partial charge >= 0.3 is 0 Å². The van der Waals surface area contributed by atoms with Crippen LogP contribution < -0.4 is 25.5 Å². The molecule has 2 aromatic heterocycles. The third-order valence-corrected chi connectivity index (χ3v) is 18.3. The van der Waals surface area contributed by atoms with Crippen LogP contribution in [0.2, 0.25) is 0 Å². The molecule has 0 bridgehead atoms. The highest BCUT2D eigenvalue weighted by Gasteiger charge is 2.47. The number of thiophene rings is 2. The molecule has 2 nitrogen and oxygen atoms in total. The van der Waals surface area contributed by atoms with E-state index in [1.165, 1.54) is 130 Å². The second-order valence-corrected chi connectivity index (χ2v) is 26.0. The third kappa shape index (κ3) is 6.36. The summed E-state index contributed by atoms with van der Waals surface area (Å²) in [5, 5.41) is 3.97. The molecule has 4 heterocycles. The van der Waals surface area contributed by atoms with E-state index in [-0.39, 0.29) is 28.4 Å². The predicted molar refractivity (Wildman–Crippen MR) is 308 cm³/mol. The van der Waals surface area contributed by atoms with Crippen LogP contribution in [0, 0.1) is 0 Å². The lowest BCUT2D eigenvalue weighted by atomic mass is 9.36. The van der Waals surface area contributed by atoms with E-state index in [4.69, 9.17) is 0 Å². The van der Waals surface area contributed by atoms with Crippen LogP contribution in [0.4, 0.5) is 34.1 Å². The second-order valence-electron chi connectivity index (χ2n) is 23.8. The summed E-state index contributed by atoms with van der Waals surface area (Å²) in [4.78, 5) is 5.27. The Labute approximate surface area is 422 Å². The van der Waals surface area contributed by atoms with Gasteiger partial charge in [-0.1, -0.05) is 167 Å². The highest BCUT2D eigenvalue weighted by molar-refractivity contribution is 7.33. The fourth-order valence-electron chi connectivity index (χ4n) is 12.1. The van der Waals surface area contributed by atoms with Gasteiger partial charge < -0.3 is 9.80 Å². The first kappa shape index (κ1) is 43.6. The van der Waals surface area contributed by atoms with Crippen LogP contribution >= 0.6 is 22.7 Å². The van der Waals surface area contributed by atoms with Crippen molar-refractivity contribution in [1.29, 1.82) is 0 Å². The summed E-state index contributed by atoms with van der Waals surface area (Å²) in [7, 11) is 0. The molecule has 0 unspecified atom stereocenters. The van der Waals surface area contributed by atoms with Crippen LogP contribution in [-0.2, 0) is 21.7 Å². The molecule has 2 aliphatic heterocycles. The molecule has 344 valence electrons. The number of hydrogen-bond acceptors (Lipinski definition) is 4. The number of rotatable bonds is 3. The predicted octanol–water partition coefficient (Wildman–Crippen LogP) is 17.2. The van der Waals surface area contributed by atoms with Crippen molar-refractivity contribution in [2.75, 3.05) is 9.80 Å². The van der Waals surface area contributed by atoms with E-state index in [0.717, 1.165) is 0 Å². The molecule has 0 saturated carbocycles. The standard InChI is InChI=1S/C65H59BN2S2/c1-62(2,3)39-23-28-42(29-24-39)67-52-32-27-41(64(7,8)9)35-51(52)66-59-53(67)33-38(44-19-16-22-56-58(44)46-18-13-15-21-55(46)69-56)34-54(59)68(43-30-25-40(26-31-43)63(4,5)6)60-48-36-47-45-17-12-14-20-49(45)65(10,11)50(47)37-57(48)70-61(60)66/h12-37H,1-11H3. The normalized spacial score (nSPS) is 14.8. The SMILES string of the molecule is CC(C)(C)c1ccc(N2c3ccc(C(C)(C)C)cc3B3c4sc5cc6c(cc5c4N(c4ccc(C(C)(C)C)cc4)c4cc(-c5cccc7sc8ccccc8c57)cc2c43)-c2ccccc2C6(C)C)cc1. The summed E-state index contributed by atoms with van der Waals surface area (Å²) >= 11 is 3.91. The van der Waals surface area contributed by atoms with Crippen LogP contribution in [0.25, 0.3) is 52.5 Å². The molecule has 3 aliphatic rings. The van der Waals surface area contributed by atoms with Gasteiger partial charge in [0.05, 0.1) is 5.69 Å². The Morgan fingerprint density at radius 2 is 1.03 bits per heavy atom. The number of benzene rings is 8. The Hall–Kier alpha value is -6.40. The molecule has 0 radical (unpaired) electrons. The molecule has 0 N–H and O–H groups in total. The fraction of sp³-hybridized carbons (Fsp3) is 0.231. The van der Waals surface area contributed by atoms with E-state index in [2.05, 4.69) is 244 Å². The van der Waals surface area contributed by atoms with Gasteiger partial charge in [-0.2, -0.15) is 0 Å². The van der Waals surface area contributed by atoms with Crippen molar-refractivity contribution in [3.63, 3.8) is 0 Å². The lowest BCUT2D eigenvalue weighted by Crippen LogP contribution is -2.60. The molecule has 5 heteroatoms. The van der Waals surface area contributed by atoms with Gasteiger partial charge in [0.15, 0.2) is 0 Å². The Bertz CT molecular complexity index is 3810. The number of hydrogen-bond donors (Lipinski definition) is 0. The van der Waals surface area contributed by atoms with Crippen LogP contribution in [0.3, 0.4) is 0 Å². The van der Waals surface area contributed by atoms with Crippen molar-refractivity contribution >= 4 is 109 Å². The van der Waals surface area contributed by atoms with E-state index < -0.39 is 0 Å². The first-order valence-electron chi connectivity index (χ1n) is 25.1. The van der Waals surface area contributed by atoms with E-state index in [0.29, 0.717) is 0 Å². The molecular weight excluding hydrogens is 884 g/mol. The van der Waals surface area contributed by atoms with Crippen LogP contribution in [0.1, 0.15) is 104 Å². The molecule has 0 fully saturated rings. The van der Waals surface area contributed by atoms with Crippen LogP contribution in [0.15, 0.2) is 158 Å². The number of nitrogens with zero attached hydrogens (tertiary/aromatic N) is 2. The summed E-state index contributed by atoms with van der Waals surface area (Å²) in [5.41, 5.74) is 22.1. The Kier molecular flexibility index (Phi) is 9.24. The Morgan fingerprint density at radius 1 is 0.443 bits per heavy atom. The minimum absolute atomic E-state index is 0.00635. The van der Waals surface area contributed by atoms with Gasteiger partial charge in [-0.15, -0.1) is 22.7 Å². The summed E-state index contributed by atoms with van der Waals surface area (Å²) in [6.07, 6.45) is 0. The van der Waals surface area contributed by atoms with Gasteiger partial charge in [-0.3, -0.25) is 0 Å². The average molecular weight is 943 g/mol. The molecule has 70 heavy (non-hydrogen) atoms.